The van der Waals surface area contributed by atoms with E-state index in [0.717, 1.165) is 10.1 Å². The molecule has 1 atom stereocenters. The standard InChI is InChI=1S/C20H22ClN3O5S2/c1-2-28-9-10-29-15(25)11-13-18(26)22-7-8-24(13)20(30)23-19(27)17-16(21)12-5-3-4-6-14(12)31-17/h3-6,13H,2,7-11H2,1H3,(H,22,26)(H,23,27,30). The lowest BCUT2D eigenvalue weighted by Crippen LogP contribution is -2.60. The largest absolute Gasteiger partial charge is 0.463 e. The predicted octanol–water partition coefficient (Wildman–Crippen LogP) is 2.34. The van der Waals surface area contributed by atoms with Crippen LogP contribution in [0, 0.1) is 0 Å². The number of ether oxygens (including phenoxy) is 2. The maximum atomic E-state index is 12.8. The molecule has 0 radical (unpaired) electrons. The van der Waals surface area contributed by atoms with Crippen molar-refractivity contribution in [3.8, 4) is 0 Å². The van der Waals surface area contributed by atoms with Crippen molar-refractivity contribution in [2.75, 3.05) is 32.9 Å². The number of esters is 1. The molecule has 31 heavy (non-hydrogen) atoms. The van der Waals surface area contributed by atoms with E-state index in [1.807, 2.05) is 31.2 Å². The van der Waals surface area contributed by atoms with Gasteiger partial charge in [-0.3, -0.25) is 19.7 Å². The van der Waals surface area contributed by atoms with Gasteiger partial charge in [-0.15, -0.1) is 11.3 Å². The van der Waals surface area contributed by atoms with Crippen molar-refractivity contribution >= 4 is 68.1 Å². The first-order valence-corrected chi connectivity index (χ1v) is 11.3. The molecule has 166 valence electrons. The van der Waals surface area contributed by atoms with Crippen molar-refractivity contribution in [2.24, 2.45) is 0 Å². The van der Waals surface area contributed by atoms with Crippen LogP contribution >= 0.6 is 35.2 Å². The molecular weight excluding hydrogens is 462 g/mol. The van der Waals surface area contributed by atoms with Crippen LogP contribution in [0.4, 0.5) is 0 Å². The van der Waals surface area contributed by atoms with Crippen molar-refractivity contribution in [1.29, 1.82) is 0 Å². The van der Waals surface area contributed by atoms with Crippen molar-refractivity contribution in [2.45, 2.75) is 19.4 Å². The molecule has 1 aromatic carbocycles. The molecule has 11 heteroatoms. The van der Waals surface area contributed by atoms with Crippen molar-refractivity contribution < 1.29 is 23.9 Å². The van der Waals surface area contributed by atoms with E-state index in [1.165, 1.54) is 16.2 Å². The van der Waals surface area contributed by atoms with E-state index >= 15 is 0 Å². The third-order valence-corrected chi connectivity index (χ3v) is 6.62. The third-order valence-electron chi connectivity index (χ3n) is 4.61. The molecule has 2 heterocycles. The van der Waals surface area contributed by atoms with Gasteiger partial charge in [0.1, 0.15) is 17.5 Å². The Bertz CT molecular complexity index is 996. The minimum atomic E-state index is -0.876. The molecule has 1 fully saturated rings. The van der Waals surface area contributed by atoms with E-state index in [0.29, 0.717) is 29.6 Å². The summed E-state index contributed by atoms with van der Waals surface area (Å²) in [6, 6.07) is 6.55. The highest BCUT2D eigenvalue weighted by Crippen LogP contribution is 2.35. The summed E-state index contributed by atoms with van der Waals surface area (Å²) in [4.78, 5) is 39.2. The molecule has 2 N–H and O–H groups in total. The SMILES string of the molecule is CCOCCOC(=O)CC1C(=O)NCCN1C(=S)NC(=O)c1sc2ccccc2c1Cl. The van der Waals surface area contributed by atoms with Crippen LogP contribution in [0.1, 0.15) is 23.0 Å². The summed E-state index contributed by atoms with van der Waals surface area (Å²) in [5, 5.41) is 6.55. The van der Waals surface area contributed by atoms with E-state index < -0.39 is 17.9 Å². The molecule has 0 saturated carbocycles. The van der Waals surface area contributed by atoms with Crippen LogP contribution in [0.5, 0.6) is 0 Å². The Kier molecular flexibility index (Phi) is 8.19. The van der Waals surface area contributed by atoms with E-state index in [4.69, 9.17) is 33.3 Å². The highest BCUT2D eigenvalue weighted by Gasteiger charge is 2.34. The van der Waals surface area contributed by atoms with Gasteiger partial charge in [-0.05, 0) is 25.2 Å². The minimum absolute atomic E-state index is 0.0560. The molecule has 1 aliphatic heterocycles. The summed E-state index contributed by atoms with van der Waals surface area (Å²) in [5.74, 6) is -1.36. The number of fused-ring (bicyclic) bond motifs is 1. The number of thiocarbonyl (C=S) groups is 1. The Morgan fingerprint density at radius 1 is 1.35 bits per heavy atom. The quantitative estimate of drug-likeness (QED) is 0.354. The number of hydrogen-bond donors (Lipinski definition) is 2. The fraction of sp³-hybridized carbons (Fsp3) is 0.400. The summed E-state index contributed by atoms with van der Waals surface area (Å²) >= 11 is 13.0. The van der Waals surface area contributed by atoms with Gasteiger partial charge in [0, 0.05) is 29.8 Å². The first-order chi connectivity index (χ1) is 14.9. The Morgan fingerprint density at radius 2 is 2.13 bits per heavy atom. The van der Waals surface area contributed by atoms with Gasteiger partial charge in [0.25, 0.3) is 5.91 Å². The molecule has 1 aliphatic rings. The topological polar surface area (TPSA) is 97.0 Å². The van der Waals surface area contributed by atoms with Gasteiger partial charge in [0.05, 0.1) is 18.1 Å². The summed E-state index contributed by atoms with van der Waals surface area (Å²) in [6.45, 7) is 3.44. The van der Waals surface area contributed by atoms with Crippen LogP contribution < -0.4 is 10.6 Å². The smallest absolute Gasteiger partial charge is 0.308 e. The molecule has 0 spiro atoms. The lowest BCUT2D eigenvalue weighted by atomic mass is 10.1. The fourth-order valence-corrected chi connectivity index (χ4v) is 4.85. The number of hydrogen-bond acceptors (Lipinski definition) is 7. The van der Waals surface area contributed by atoms with Crippen molar-refractivity contribution in [1.82, 2.24) is 15.5 Å². The average molecular weight is 484 g/mol. The zero-order valence-corrected chi connectivity index (χ0v) is 19.2. The molecule has 1 unspecified atom stereocenters. The van der Waals surface area contributed by atoms with Crippen molar-refractivity contribution in [3.05, 3.63) is 34.2 Å². The second kappa shape index (κ2) is 10.9. The summed E-state index contributed by atoms with van der Waals surface area (Å²) in [6.07, 6.45) is -0.197. The van der Waals surface area contributed by atoms with E-state index in [2.05, 4.69) is 10.6 Å². The zero-order chi connectivity index (χ0) is 22.4. The minimum Gasteiger partial charge on any atom is -0.463 e. The lowest BCUT2D eigenvalue weighted by Gasteiger charge is -2.36. The number of thiophene rings is 1. The highest BCUT2D eigenvalue weighted by atomic mass is 35.5. The summed E-state index contributed by atoms with van der Waals surface area (Å²) < 4.78 is 11.1. The molecule has 2 amide bonds. The number of carbonyl (C=O) groups excluding carboxylic acids is 3. The van der Waals surface area contributed by atoms with Crippen LogP contribution in [-0.4, -0.2) is 66.7 Å². The van der Waals surface area contributed by atoms with E-state index in [-0.39, 0.29) is 30.7 Å². The third kappa shape index (κ3) is 5.70. The number of carbonyl (C=O) groups is 3. The van der Waals surface area contributed by atoms with Gasteiger partial charge in [0.15, 0.2) is 5.11 Å². The van der Waals surface area contributed by atoms with Gasteiger partial charge in [-0.25, -0.2) is 0 Å². The van der Waals surface area contributed by atoms with Crippen LogP contribution in [0.2, 0.25) is 5.02 Å². The number of nitrogens with zero attached hydrogens (tertiary/aromatic N) is 1. The number of amides is 2. The second-order valence-corrected chi connectivity index (χ2v) is 8.44. The van der Waals surface area contributed by atoms with Crippen LogP contribution in [0.3, 0.4) is 0 Å². The Hall–Kier alpha value is -2.27. The summed E-state index contributed by atoms with van der Waals surface area (Å²) in [7, 11) is 0. The number of halogens is 1. The van der Waals surface area contributed by atoms with Gasteiger partial charge in [-0.1, -0.05) is 29.8 Å². The number of nitrogens with one attached hydrogen (secondary N) is 2. The maximum absolute atomic E-state index is 12.8. The van der Waals surface area contributed by atoms with Crippen LogP contribution in [0.15, 0.2) is 24.3 Å². The van der Waals surface area contributed by atoms with Gasteiger partial charge in [0.2, 0.25) is 5.91 Å². The first kappa shape index (κ1) is 23.4. The van der Waals surface area contributed by atoms with E-state index in [9.17, 15) is 14.4 Å². The second-order valence-electron chi connectivity index (χ2n) is 6.62. The van der Waals surface area contributed by atoms with Crippen molar-refractivity contribution in [3.63, 3.8) is 0 Å². The number of rotatable bonds is 7. The molecule has 0 aliphatic carbocycles. The van der Waals surface area contributed by atoms with Crippen LogP contribution in [-0.2, 0) is 19.1 Å². The predicted molar refractivity (Wildman–Crippen MR) is 122 cm³/mol. The van der Waals surface area contributed by atoms with E-state index in [1.54, 1.807) is 0 Å². The zero-order valence-electron chi connectivity index (χ0n) is 16.8. The molecular formula is C20H22ClN3O5S2. The average Bonchev–Trinajstić information content (AvgIpc) is 3.09. The van der Waals surface area contributed by atoms with Gasteiger partial charge < -0.3 is 19.7 Å². The van der Waals surface area contributed by atoms with Crippen LogP contribution in [0.25, 0.3) is 10.1 Å². The molecule has 8 nitrogen and oxygen atoms in total. The maximum Gasteiger partial charge on any atom is 0.308 e. The highest BCUT2D eigenvalue weighted by molar-refractivity contribution is 7.80. The molecule has 1 aromatic heterocycles. The molecule has 1 saturated heterocycles. The number of piperazine rings is 1. The summed E-state index contributed by atoms with van der Waals surface area (Å²) in [5.41, 5.74) is 0. The molecule has 3 rings (SSSR count). The lowest BCUT2D eigenvalue weighted by molar-refractivity contribution is -0.148. The van der Waals surface area contributed by atoms with Gasteiger partial charge in [-0.2, -0.15) is 0 Å². The number of benzene rings is 1. The fourth-order valence-electron chi connectivity index (χ4n) is 3.12. The molecule has 2 aromatic rings. The molecule has 0 bridgehead atoms. The normalized spacial score (nSPS) is 16.1. The monoisotopic (exact) mass is 483 g/mol. The Morgan fingerprint density at radius 3 is 2.87 bits per heavy atom. The Balaban J connectivity index is 1.66. The Labute approximate surface area is 193 Å². The van der Waals surface area contributed by atoms with Gasteiger partial charge >= 0.3 is 5.97 Å². The first-order valence-electron chi connectivity index (χ1n) is 9.72.